The smallest absolute Gasteiger partial charge is 0.144 e. The van der Waals surface area contributed by atoms with Crippen LogP contribution in [0.3, 0.4) is 0 Å². The van der Waals surface area contributed by atoms with Crippen molar-refractivity contribution in [2.45, 2.75) is 39.0 Å². The van der Waals surface area contributed by atoms with E-state index in [9.17, 15) is 4.79 Å². The number of carbonyl (C=O) groups is 1. The number of allylic oxidation sites excluding steroid dienone is 2. The number of carbonyl (C=O) groups excluding carboxylic acids is 1. The normalized spacial score (nSPS) is 31.3. The second-order valence-corrected chi connectivity index (χ2v) is 7.78. The fourth-order valence-corrected chi connectivity index (χ4v) is 5.26. The van der Waals surface area contributed by atoms with Crippen molar-refractivity contribution < 1.29 is 4.79 Å². The number of aryl methyl sites for hydroxylation is 1. The predicted octanol–water partition coefficient (Wildman–Crippen LogP) is 4.65. The van der Waals surface area contributed by atoms with Crippen LogP contribution in [-0.2, 0) is 24.1 Å². The summed E-state index contributed by atoms with van der Waals surface area (Å²) in [6.07, 6.45) is 9.60. The molecule has 1 spiro atoms. The molecule has 3 unspecified atom stereocenters. The molecule has 1 nitrogen and oxygen atoms in total. The van der Waals surface area contributed by atoms with Gasteiger partial charge in [0.15, 0.2) is 0 Å². The van der Waals surface area contributed by atoms with Gasteiger partial charge in [-0.3, -0.25) is 4.79 Å². The molecule has 0 aliphatic heterocycles. The van der Waals surface area contributed by atoms with Crippen molar-refractivity contribution in [2.24, 2.45) is 17.3 Å². The minimum Gasteiger partial charge on any atom is -0.299 e. The van der Waals surface area contributed by atoms with E-state index in [4.69, 9.17) is 0 Å². The zero-order chi connectivity index (χ0) is 15.6. The van der Waals surface area contributed by atoms with Crippen molar-refractivity contribution in [2.75, 3.05) is 0 Å². The lowest BCUT2D eigenvalue weighted by molar-refractivity contribution is -0.130. The number of ketones is 1. The fraction of sp³-hybridized carbons (Fsp3) is 0.409. The molecule has 0 amide bonds. The van der Waals surface area contributed by atoms with Crippen LogP contribution >= 0.6 is 0 Å². The zero-order valence-corrected chi connectivity index (χ0v) is 13.6. The molecule has 2 aromatic carbocycles. The Morgan fingerprint density at radius 2 is 1.96 bits per heavy atom. The van der Waals surface area contributed by atoms with Crippen LogP contribution < -0.4 is 0 Å². The third-order valence-corrected chi connectivity index (χ3v) is 6.55. The number of fused-ring (bicyclic) bond motifs is 5. The summed E-state index contributed by atoms with van der Waals surface area (Å²) in [4.78, 5) is 13.0. The van der Waals surface area contributed by atoms with Gasteiger partial charge in [-0.2, -0.15) is 0 Å². The van der Waals surface area contributed by atoms with Gasteiger partial charge in [0, 0.05) is 11.8 Å². The third-order valence-electron chi connectivity index (χ3n) is 6.55. The van der Waals surface area contributed by atoms with Gasteiger partial charge in [0.25, 0.3) is 0 Å². The van der Waals surface area contributed by atoms with Crippen LogP contribution in [0.5, 0.6) is 0 Å². The molecule has 0 heterocycles. The van der Waals surface area contributed by atoms with E-state index in [0.717, 1.165) is 19.3 Å². The maximum absolute atomic E-state index is 13.0. The van der Waals surface area contributed by atoms with Crippen LogP contribution in [0.25, 0.3) is 10.8 Å². The lowest BCUT2D eigenvalue weighted by Crippen LogP contribution is -2.41. The molecule has 23 heavy (non-hydrogen) atoms. The van der Waals surface area contributed by atoms with Gasteiger partial charge < -0.3 is 0 Å². The van der Waals surface area contributed by atoms with Gasteiger partial charge in [-0.25, -0.2) is 0 Å². The highest BCUT2D eigenvalue weighted by atomic mass is 16.1. The number of Topliss-reactive ketones (excluding diaryl/α,β-unsaturated/α-hetero) is 1. The average Bonchev–Trinajstić information content (AvgIpc) is 3.15. The summed E-state index contributed by atoms with van der Waals surface area (Å²) in [6.45, 7) is 2.19. The molecule has 116 valence electrons. The lowest BCUT2D eigenvalue weighted by Gasteiger charge is -2.38. The van der Waals surface area contributed by atoms with Crippen molar-refractivity contribution in [3.05, 3.63) is 59.2 Å². The number of rotatable bonds is 1. The minimum atomic E-state index is -0.0799. The standard InChI is InChI=1S/C22H22O/c1-2-14-3-5-16-9-19-13-22(12-15-4-6-20(22)8-15)21(23)11-18(19)10-17(16)7-14/h3-7,9-10,15,20H,2,8,11-13H2,1H3. The molecule has 1 fully saturated rings. The minimum absolute atomic E-state index is 0.0799. The summed E-state index contributed by atoms with van der Waals surface area (Å²) in [5.74, 6) is 1.64. The Hall–Kier alpha value is -1.89. The Bertz CT molecular complexity index is 860. The van der Waals surface area contributed by atoms with E-state index in [1.54, 1.807) is 0 Å². The first-order valence-electron chi connectivity index (χ1n) is 8.94. The molecule has 0 N–H and O–H groups in total. The first-order valence-corrected chi connectivity index (χ1v) is 8.94. The molecule has 3 aliphatic carbocycles. The Balaban J connectivity index is 1.62. The Labute approximate surface area is 137 Å². The van der Waals surface area contributed by atoms with E-state index in [0.29, 0.717) is 24.0 Å². The highest BCUT2D eigenvalue weighted by molar-refractivity contribution is 5.93. The van der Waals surface area contributed by atoms with E-state index < -0.39 is 0 Å². The number of hydrogen-bond donors (Lipinski definition) is 0. The molecular formula is C22H22O. The van der Waals surface area contributed by atoms with E-state index in [1.165, 1.54) is 33.9 Å². The van der Waals surface area contributed by atoms with Crippen LogP contribution in [-0.4, -0.2) is 5.78 Å². The number of hydrogen-bond acceptors (Lipinski definition) is 1. The van der Waals surface area contributed by atoms with E-state index in [-0.39, 0.29) is 5.41 Å². The molecule has 1 saturated carbocycles. The van der Waals surface area contributed by atoms with Gasteiger partial charge in [0.1, 0.15) is 5.78 Å². The van der Waals surface area contributed by atoms with Gasteiger partial charge in [-0.1, -0.05) is 49.4 Å². The fourth-order valence-electron chi connectivity index (χ4n) is 5.26. The third kappa shape index (κ3) is 1.83. The lowest BCUT2D eigenvalue weighted by atomic mass is 9.63. The zero-order valence-electron chi connectivity index (χ0n) is 13.6. The van der Waals surface area contributed by atoms with Gasteiger partial charge in [0.05, 0.1) is 0 Å². The highest BCUT2D eigenvalue weighted by Crippen LogP contribution is 2.56. The molecule has 0 saturated heterocycles. The molecule has 3 atom stereocenters. The monoisotopic (exact) mass is 302 g/mol. The van der Waals surface area contributed by atoms with Crippen LogP contribution in [0.15, 0.2) is 42.5 Å². The maximum atomic E-state index is 13.0. The van der Waals surface area contributed by atoms with Gasteiger partial charge in [0.2, 0.25) is 0 Å². The van der Waals surface area contributed by atoms with Crippen molar-refractivity contribution in [3.8, 4) is 0 Å². The molecule has 2 bridgehead atoms. The van der Waals surface area contributed by atoms with Crippen LogP contribution in [0, 0.1) is 17.3 Å². The average molecular weight is 302 g/mol. The predicted molar refractivity (Wildman–Crippen MR) is 93.5 cm³/mol. The molecule has 1 heteroatoms. The first-order chi connectivity index (χ1) is 11.2. The Kier molecular flexibility index (Phi) is 2.69. The molecule has 0 aromatic heterocycles. The first kappa shape index (κ1) is 13.5. The van der Waals surface area contributed by atoms with Crippen molar-refractivity contribution in [3.63, 3.8) is 0 Å². The van der Waals surface area contributed by atoms with Crippen LogP contribution in [0.1, 0.15) is 36.5 Å². The Morgan fingerprint density at radius 3 is 2.70 bits per heavy atom. The van der Waals surface area contributed by atoms with E-state index in [2.05, 4.69) is 49.4 Å². The van der Waals surface area contributed by atoms with E-state index in [1.807, 2.05) is 0 Å². The number of benzene rings is 2. The second kappa shape index (κ2) is 4.56. The quantitative estimate of drug-likeness (QED) is 0.701. The highest BCUT2D eigenvalue weighted by Gasteiger charge is 2.54. The van der Waals surface area contributed by atoms with Crippen molar-refractivity contribution >= 4 is 16.6 Å². The molecular weight excluding hydrogens is 280 g/mol. The molecule has 0 radical (unpaired) electrons. The van der Waals surface area contributed by atoms with E-state index >= 15 is 0 Å². The largest absolute Gasteiger partial charge is 0.299 e. The summed E-state index contributed by atoms with van der Waals surface area (Å²) >= 11 is 0. The summed E-state index contributed by atoms with van der Waals surface area (Å²) in [6, 6.07) is 11.4. The van der Waals surface area contributed by atoms with Gasteiger partial charge >= 0.3 is 0 Å². The van der Waals surface area contributed by atoms with Crippen molar-refractivity contribution in [1.82, 2.24) is 0 Å². The van der Waals surface area contributed by atoms with Crippen LogP contribution in [0.4, 0.5) is 0 Å². The summed E-state index contributed by atoms with van der Waals surface area (Å²) in [7, 11) is 0. The summed E-state index contributed by atoms with van der Waals surface area (Å²) in [5, 5.41) is 2.61. The molecule has 3 aliphatic rings. The molecule has 2 aromatic rings. The van der Waals surface area contributed by atoms with Gasteiger partial charge in [-0.15, -0.1) is 0 Å². The topological polar surface area (TPSA) is 17.1 Å². The Morgan fingerprint density at radius 1 is 1.09 bits per heavy atom. The summed E-state index contributed by atoms with van der Waals surface area (Å²) < 4.78 is 0. The van der Waals surface area contributed by atoms with Crippen LogP contribution in [0.2, 0.25) is 0 Å². The molecule has 5 rings (SSSR count). The van der Waals surface area contributed by atoms with Crippen molar-refractivity contribution in [1.29, 1.82) is 0 Å². The maximum Gasteiger partial charge on any atom is 0.144 e. The summed E-state index contributed by atoms with van der Waals surface area (Å²) in [5.41, 5.74) is 3.98. The second-order valence-electron chi connectivity index (χ2n) is 7.78. The SMILES string of the molecule is CCc1ccc2cc3c(cc2c1)CC(=O)C1(C3)CC2C=CC1C2. The van der Waals surface area contributed by atoms with Gasteiger partial charge in [-0.05, 0) is 65.0 Å².